The smallest absolute Gasteiger partial charge is 0.0466 e. The Labute approximate surface area is 167 Å². The quantitative estimate of drug-likeness (QED) is 0.164. The highest BCUT2D eigenvalue weighted by Gasteiger charge is 1.95. The molecule has 0 aliphatic heterocycles. The monoisotopic (exact) mass is 367 g/mol. The fraction of sp³-hybridized carbons (Fsp3) is 0.960. The van der Waals surface area contributed by atoms with E-state index in [1.165, 1.54) is 122 Å². The Morgan fingerprint density at radius 2 is 0.731 bits per heavy atom. The maximum Gasteiger partial charge on any atom is 0.0466 e. The van der Waals surface area contributed by atoms with Crippen LogP contribution >= 0.6 is 0 Å². The second kappa shape index (κ2) is 25.0. The Morgan fingerprint density at radius 3 is 1.04 bits per heavy atom. The largest absolute Gasteiger partial charge is 0.381 e. The molecule has 0 heterocycles. The Bertz CT molecular complexity index is 202. The molecule has 0 aromatic heterocycles. The highest BCUT2D eigenvalue weighted by Crippen LogP contribution is 2.14. The Kier molecular flexibility index (Phi) is 24.9. The van der Waals surface area contributed by atoms with Gasteiger partial charge in [0, 0.05) is 13.2 Å². The van der Waals surface area contributed by atoms with Crippen molar-refractivity contribution in [1.29, 1.82) is 0 Å². The first-order valence-electron chi connectivity index (χ1n) is 12.3. The van der Waals surface area contributed by atoms with E-state index < -0.39 is 0 Å². The van der Waals surface area contributed by atoms with Crippen molar-refractivity contribution in [3.63, 3.8) is 0 Å². The van der Waals surface area contributed by atoms with E-state index in [-0.39, 0.29) is 0 Å². The summed E-state index contributed by atoms with van der Waals surface area (Å²) in [4.78, 5) is 0. The van der Waals surface area contributed by atoms with Crippen LogP contribution in [0.4, 0.5) is 0 Å². The van der Waals surface area contributed by atoms with Gasteiger partial charge in [0.05, 0.1) is 0 Å². The third-order valence-electron chi connectivity index (χ3n) is 5.39. The normalized spacial score (nSPS) is 11.3. The van der Waals surface area contributed by atoms with Crippen molar-refractivity contribution >= 4 is 0 Å². The van der Waals surface area contributed by atoms with Crippen LogP contribution in [0.2, 0.25) is 0 Å². The second-order valence-electron chi connectivity index (χ2n) is 8.18. The summed E-state index contributed by atoms with van der Waals surface area (Å²) in [5.74, 6) is 0. The van der Waals surface area contributed by atoms with Gasteiger partial charge in [-0.3, -0.25) is 0 Å². The predicted molar refractivity (Wildman–Crippen MR) is 119 cm³/mol. The van der Waals surface area contributed by atoms with Gasteiger partial charge in [-0.1, -0.05) is 136 Å². The van der Waals surface area contributed by atoms with Gasteiger partial charge in [0.15, 0.2) is 0 Å². The number of rotatable bonds is 23. The van der Waals surface area contributed by atoms with Crippen LogP contribution in [0.1, 0.15) is 142 Å². The lowest BCUT2D eigenvalue weighted by atomic mass is 10.0. The number of hydrogen-bond donors (Lipinski definition) is 0. The second-order valence-corrected chi connectivity index (χ2v) is 8.18. The van der Waals surface area contributed by atoms with Crippen molar-refractivity contribution in [3.8, 4) is 0 Å². The zero-order valence-corrected chi connectivity index (χ0v) is 18.4. The van der Waals surface area contributed by atoms with Crippen LogP contribution < -0.4 is 0 Å². The minimum Gasteiger partial charge on any atom is -0.381 e. The van der Waals surface area contributed by atoms with Gasteiger partial charge >= 0.3 is 0 Å². The van der Waals surface area contributed by atoms with Gasteiger partial charge in [0.1, 0.15) is 0 Å². The lowest BCUT2D eigenvalue weighted by Crippen LogP contribution is -1.95. The highest BCUT2D eigenvalue weighted by molar-refractivity contribution is 4.51. The molecule has 0 aliphatic rings. The van der Waals surface area contributed by atoms with Gasteiger partial charge in [-0.15, -0.1) is 0 Å². The number of unbranched alkanes of at least 4 members (excludes halogenated alkanes) is 19. The molecule has 0 unspecified atom stereocenters. The SMILES string of the molecule is [CH2]CCCCCCCCCCCCCCCCCCCCCOCCC. The molecule has 0 amide bonds. The van der Waals surface area contributed by atoms with Gasteiger partial charge in [-0.2, -0.15) is 0 Å². The lowest BCUT2D eigenvalue weighted by Gasteiger charge is -2.04. The molecular weight excluding hydrogens is 316 g/mol. The first-order chi connectivity index (χ1) is 12.9. The van der Waals surface area contributed by atoms with Crippen molar-refractivity contribution < 1.29 is 4.74 Å². The van der Waals surface area contributed by atoms with Crippen molar-refractivity contribution in [3.05, 3.63) is 6.92 Å². The molecule has 0 fully saturated rings. The summed E-state index contributed by atoms with van der Waals surface area (Å²) in [5, 5.41) is 0. The molecule has 0 saturated heterocycles. The Hall–Kier alpha value is -0.0400. The third-order valence-corrected chi connectivity index (χ3v) is 5.39. The summed E-state index contributed by atoms with van der Waals surface area (Å²) in [6.07, 6.45) is 29.5. The van der Waals surface area contributed by atoms with Gasteiger partial charge in [0.25, 0.3) is 0 Å². The minimum atomic E-state index is 0.942. The molecule has 0 atom stereocenters. The molecule has 0 N–H and O–H groups in total. The molecule has 157 valence electrons. The molecular formula is C25H51O. The van der Waals surface area contributed by atoms with E-state index >= 15 is 0 Å². The maximum absolute atomic E-state index is 5.52. The molecule has 0 aliphatic carbocycles. The maximum atomic E-state index is 5.52. The van der Waals surface area contributed by atoms with Crippen LogP contribution in [0.5, 0.6) is 0 Å². The van der Waals surface area contributed by atoms with Gasteiger partial charge in [0.2, 0.25) is 0 Å². The first kappa shape index (κ1) is 26.0. The molecule has 1 heteroatoms. The molecule has 0 aromatic rings. The van der Waals surface area contributed by atoms with E-state index in [4.69, 9.17) is 4.74 Å². The first-order valence-corrected chi connectivity index (χ1v) is 12.3. The molecule has 0 aromatic carbocycles. The van der Waals surface area contributed by atoms with Crippen molar-refractivity contribution in [2.75, 3.05) is 13.2 Å². The highest BCUT2D eigenvalue weighted by atomic mass is 16.5. The summed E-state index contributed by atoms with van der Waals surface area (Å²) in [5.41, 5.74) is 0. The van der Waals surface area contributed by atoms with Crippen molar-refractivity contribution in [2.24, 2.45) is 0 Å². The van der Waals surface area contributed by atoms with Crippen molar-refractivity contribution in [1.82, 2.24) is 0 Å². The summed E-state index contributed by atoms with van der Waals surface area (Å²) in [6, 6.07) is 0. The number of ether oxygens (including phenoxy) is 1. The van der Waals surface area contributed by atoms with E-state index in [1.54, 1.807) is 0 Å². The average molecular weight is 368 g/mol. The van der Waals surface area contributed by atoms with Crippen LogP contribution in [0.15, 0.2) is 0 Å². The van der Waals surface area contributed by atoms with Crippen LogP contribution in [0.25, 0.3) is 0 Å². The molecule has 0 saturated carbocycles. The molecule has 0 spiro atoms. The molecule has 26 heavy (non-hydrogen) atoms. The molecule has 0 rings (SSSR count). The van der Waals surface area contributed by atoms with Crippen LogP contribution in [0, 0.1) is 6.92 Å². The summed E-state index contributed by atoms with van der Waals surface area (Å²) < 4.78 is 5.52. The van der Waals surface area contributed by atoms with Crippen molar-refractivity contribution in [2.45, 2.75) is 142 Å². The van der Waals surface area contributed by atoms with Gasteiger partial charge in [-0.25, -0.2) is 0 Å². The zero-order chi connectivity index (χ0) is 19.0. The van der Waals surface area contributed by atoms with E-state index in [0.717, 1.165) is 26.1 Å². The van der Waals surface area contributed by atoms with Gasteiger partial charge < -0.3 is 4.74 Å². The van der Waals surface area contributed by atoms with E-state index in [0.29, 0.717) is 0 Å². The Morgan fingerprint density at radius 1 is 0.423 bits per heavy atom. The summed E-state index contributed by atoms with van der Waals surface area (Å²) in [6.45, 7) is 8.00. The molecule has 1 radical (unpaired) electrons. The van der Waals surface area contributed by atoms with E-state index in [1.807, 2.05) is 0 Å². The zero-order valence-electron chi connectivity index (χ0n) is 18.4. The topological polar surface area (TPSA) is 9.23 Å². The van der Waals surface area contributed by atoms with Crippen LogP contribution in [-0.2, 0) is 4.74 Å². The van der Waals surface area contributed by atoms with E-state index in [2.05, 4.69) is 13.8 Å². The molecule has 0 bridgehead atoms. The fourth-order valence-corrected chi connectivity index (χ4v) is 3.63. The minimum absolute atomic E-state index is 0.942. The standard InChI is InChI=1S/C25H51O/c1-3-5-6-7-8-9-10-11-12-13-14-15-16-17-18-19-20-21-22-23-25-26-24-4-2/h1,3-25H2,2H3. The van der Waals surface area contributed by atoms with Gasteiger partial charge in [-0.05, 0) is 12.8 Å². The van der Waals surface area contributed by atoms with Crippen LogP contribution in [0.3, 0.4) is 0 Å². The fourth-order valence-electron chi connectivity index (χ4n) is 3.63. The third kappa shape index (κ3) is 24.0. The Balaban J connectivity index is 2.95. The lowest BCUT2D eigenvalue weighted by molar-refractivity contribution is 0.130. The van der Waals surface area contributed by atoms with E-state index in [9.17, 15) is 0 Å². The predicted octanol–water partition coefficient (Wildman–Crippen LogP) is 9.05. The van der Waals surface area contributed by atoms with Crippen LogP contribution in [-0.4, -0.2) is 13.2 Å². The average Bonchev–Trinajstić information content (AvgIpc) is 2.66. The summed E-state index contributed by atoms with van der Waals surface area (Å²) in [7, 11) is 0. The summed E-state index contributed by atoms with van der Waals surface area (Å²) >= 11 is 0. The molecule has 1 nitrogen and oxygen atoms in total. The number of hydrogen-bond acceptors (Lipinski definition) is 1.